The molecule has 7 heteroatoms. The van der Waals surface area contributed by atoms with Gasteiger partial charge < -0.3 is 5.32 Å². The van der Waals surface area contributed by atoms with Crippen LogP contribution in [0, 0.1) is 0 Å². The number of benzene rings is 1. The molecule has 0 atom stereocenters. The molecule has 2 N–H and O–H groups in total. The lowest BCUT2D eigenvalue weighted by atomic mass is 10.2. The Balaban J connectivity index is 1.97. The number of carbonyl (C=O) groups excluding carboxylic acids is 1. The number of hydrogen-bond acceptors (Lipinski definition) is 4. The largest absolute Gasteiger partial charge is 0.347 e. The molecule has 0 unspecified atom stereocenters. The first-order valence-electron chi connectivity index (χ1n) is 5.82. The maximum atomic E-state index is 11.9. The maximum absolute atomic E-state index is 11.9. The van der Waals surface area contributed by atoms with Gasteiger partial charge in [-0.05, 0) is 35.7 Å². The molecule has 0 fully saturated rings. The van der Waals surface area contributed by atoms with E-state index in [1.165, 1.54) is 0 Å². The van der Waals surface area contributed by atoms with Gasteiger partial charge in [0, 0.05) is 16.1 Å². The summed E-state index contributed by atoms with van der Waals surface area (Å²) in [6, 6.07) is 10.2. The van der Waals surface area contributed by atoms with E-state index < -0.39 is 10.0 Å². The minimum absolute atomic E-state index is 0.190. The number of hydrogen-bond donors (Lipinski definition) is 2. The minimum atomic E-state index is -3.30. The van der Waals surface area contributed by atoms with E-state index in [2.05, 4.69) is 10.0 Å². The van der Waals surface area contributed by atoms with Crippen LogP contribution < -0.4 is 10.0 Å². The lowest BCUT2D eigenvalue weighted by Gasteiger charge is -2.06. The van der Waals surface area contributed by atoms with Crippen LogP contribution in [0.1, 0.15) is 15.2 Å². The van der Waals surface area contributed by atoms with Gasteiger partial charge in [-0.15, -0.1) is 11.3 Å². The molecule has 106 valence electrons. The van der Waals surface area contributed by atoms with Crippen LogP contribution in [0.3, 0.4) is 0 Å². The molecule has 2 aromatic rings. The molecule has 5 nitrogen and oxygen atoms in total. The van der Waals surface area contributed by atoms with Gasteiger partial charge in [-0.2, -0.15) is 0 Å². The molecule has 0 saturated carbocycles. The first kappa shape index (κ1) is 14.5. The predicted molar refractivity (Wildman–Crippen MR) is 80.4 cm³/mol. The summed E-state index contributed by atoms with van der Waals surface area (Å²) < 4.78 is 24.5. The van der Waals surface area contributed by atoms with E-state index in [9.17, 15) is 13.2 Å². The number of thiophene rings is 1. The van der Waals surface area contributed by atoms with Gasteiger partial charge in [-0.1, -0.05) is 6.07 Å². The molecule has 1 heterocycles. The van der Waals surface area contributed by atoms with Gasteiger partial charge in [-0.25, -0.2) is 8.42 Å². The second-order valence-corrected chi connectivity index (χ2v) is 6.99. The van der Waals surface area contributed by atoms with Crippen molar-refractivity contribution in [2.45, 2.75) is 6.54 Å². The number of rotatable bonds is 5. The van der Waals surface area contributed by atoms with Crippen molar-refractivity contribution in [1.29, 1.82) is 0 Å². The maximum Gasteiger partial charge on any atom is 0.251 e. The molecule has 1 aromatic carbocycles. The first-order chi connectivity index (χ1) is 9.44. The predicted octanol–water partition coefficient (Wildman–Crippen LogP) is 2.05. The first-order valence-corrected chi connectivity index (χ1v) is 8.59. The molecule has 1 aromatic heterocycles. The Morgan fingerprint density at radius 3 is 2.45 bits per heavy atom. The Kier molecular flexibility index (Phi) is 4.41. The highest BCUT2D eigenvalue weighted by molar-refractivity contribution is 7.92. The minimum Gasteiger partial charge on any atom is -0.347 e. The third-order valence-corrected chi connectivity index (χ3v) is 3.94. The van der Waals surface area contributed by atoms with E-state index in [4.69, 9.17) is 0 Å². The second kappa shape index (κ2) is 6.06. The molecular weight excluding hydrogens is 296 g/mol. The van der Waals surface area contributed by atoms with Crippen molar-refractivity contribution in [2.24, 2.45) is 0 Å². The van der Waals surface area contributed by atoms with Gasteiger partial charge in [0.25, 0.3) is 5.91 Å². The van der Waals surface area contributed by atoms with Crippen LogP contribution in [-0.4, -0.2) is 20.6 Å². The van der Waals surface area contributed by atoms with Gasteiger partial charge in [0.15, 0.2) is 0 Å². The van der Waals surface area contributed by atoms with Crippen molar-refractivity contribution in [3.05, 3.63) is 52.2 Å². The SMILES string of the molecule is CS(=O)(=O)Nc1ccc(C(=O)NCc2cccs2)cc1. The molecule has 0 aliphatic heterocycles. The summed E-state index contributed by atoms with van der Waals surface area (Å²) in [6.07, 6.45) is 1.08. The molecule has 0 aliphatic carbocycles. The third-order valence-electron chi connectivity index (χ3n) is 2.45. The summed E-state index contributed by atoms with van der Waals surface area (Å²) in [4.78, 5) is 13.0. The Morgan fingerprint density at radius 1 is 1.20 bits per heavy atom. The molecule has 2 rings (SSSR count). The zero-order valence-electron chi connectivity index (χ0n) is 10.8. The highest BCUT2D eigenvalue weighted by atomic mass is 32.2. The van der Waals surface area contributed by atoms with Gasteiger partial charge >= 0.3 is 0 Å². The van der Waals surface area contributed by atoms with E-state index in [1.807, 2.05) is 17.5 Å². The van der Waals surface area contributed by atoms with Crippen molar-refractivity contribution < 1.29 is 13.2 Å². The monoisotopic (exact) mass is 310 g/mol. The Hall–Kier alpha value is -1.86. The molecular formula is C13H14N2O3S2. The van der Waals surface area contributed by atoms with Gasteiger partial charge in [0.1, 0.15) is 0 Å². The van der Waals surface area contributed by atoms with Crippen LogP contribution in [0.25, 0.3) is 0 Å². The Bertz CT molecular complexity index is 677. The van der Waals surface area contributed by atoms with Crippen LogP contribution in [0.4, 0.5) is 5.69 Å². The highest BCUT2D eigenvalue weighted by Gasteiger charge is 2.07. The van der Waals surface area contributed by atoms with E-state index in [-0.39, 0.29) is 5.91 Å². The Labute approximate surface area is 121 Å². The summed E-state index contributed by atoms with van der Waals surface area (Å²) in [5, 5.41) is 4.75. The second-order valence-electron chi connectivity index (χ2n) is 4.21. The fourth-order valence-corrected chi connectivity index (χ4v) is 2.80. The fraction of sp³-hybridized carbons (Fsp3) is 0.154. The van der Waals surface area contributed by atoms with Crippen molar-refractivity contribution >= 4 is 33.0 Å². The highest BCUT2D eigenvalue weighted by Crippen LogP contribution is 2.12. The van der Waals surface area contributed by atoms with E-state index >= 15 is 0 Å². The standard InChI is InChI=1S/C13H14N2O3S2/c1-20(17,18)15-11-6-4-10(5-7-11)13(16)14-9-12-3-2-8-19-12/h2-8,15H,9H2,1H3,(H,14,16). The van der Waals surface area contributed by atoms with Crippen molar-refractivity contribution in [2.75, 3.05) is 11.0 Å². The van der Waals surface area contributed by atoms with Gasteiger partial charge in [0.2, 0.25) is 10.0 Å². The lowest BCUT2D eigenvalue weighted by Crippen LogP contribution is -2.22. The molecule has 20 heavy (non-hydrogen) atoms. The van der Waals surface area contributed by atoms with Crippen molar-refractivity contribution in [3.8, 4) is 0 Å². The number of amides is 1. The number of carbonyl (C=O) groups is 1. The van der Waals surface area contributed by atoms with Crippen LogP contribution in [-0.2, 0) is 16.6 Å². The summed E-state index contributed by atoms with van der Waals surface area (Å²) >= 11 is 1.58. The topological polar surface area (TPSA) is 75.3 Å². The van der Waals surface area contributed by atoms with Crippen LogP contribution in [0.2, 0.25) is 0 Å². The summed E-state index contributed by atoms with van der Waals surface area (Å²) in [5.74, 6) is -0.190. The van der Waals surface area contributed by atoms with Gasteiger partial charge in [-0.3, -0.25) is 9.52 Å². The van der Waals surface area contributed by atoms with Crippen LogP contribution >= 0.6 is 11.3 Å². The van der Waals surface area contributed by atoms with Crippen molar-refractivity contribution in [3.63, 3.8) is 0 Å². The van der Waals surface area contributed by atoms with Gasteiger partial charge in [0.05, 0.1) is 12.8 Å². The third kappa shape index (κ3) is 4.36. The lowest BCUT2D eigenvalue weighted by molar-refractivity contribution is 0.0951. The molecule has 0 spiro atoms. The average molecular weight is 310 g/mol. The molecule has 0 bridgehead atoms. The Morgan fingerprint density at radius 2 is 1.90 bits per heavy atom. The number of nitrogens with one attached hydrogen (secondary N) is 2. The zero-order valence-corrected chi connectivity index (χ0v) is 12.4. The van der Waals surface area contributed by atoms with E-state index in [0.717, 1.165) is 11.1 Å². The zero-order chi connectivity index (χ0) is 14.6. The quantitative estimate of drug-likeness (QED) is 0.887. The molecule has 1 amide bonds. The molecule has 0 aliphatic rings. The average Bonchev–Trinajstić information content (AvgIpc) is 2.88. The van der Waals surface area contributed by atoms with Crippen LogP contribution in [0.15, 0.2) is 41.8 Å². The summed E-state index contributed by atoms with van der Waals surface area (Å²) in [5.41, 5.74) is 0.919. The smallest absolute Gasteiger partial charge is 0.251 e. The van der Waals surface area contributed by atoms with E-state index in [1.54, 1.807) is 35.6 Å². The number of sulfonamides is 1. The van der Waals surface area contributed by atoms with Crippen molar-refractivity contribution in [1.82, 2.24) is 5.32 Å². The van der Waals surface area contributed by atoms with Crippen LogP contribution in [0.5, 0.6) is 0 Å². The molecule has 0 radical (unpaired) electrons. The fourth-order valence-electron chi connectivity index (χ4n) is 1.59. The van der Waals surface area contributed by atoms with E-state index in [0.29, 0.717) is 17.8 Å². The normalized spacial score (nSPS) is 11.1. The molecule has 0 saturated heterocycles. The summed E-state index contributed by atoms with van der Waals surface area (Å²) in [6.45, 7) is 0.486. The summed E-state index contributed by atoms with van der Waals surface area (Å²) in [7, 11) is -3.30. The number of anilines is 1.